The van der Waals surface area contributed by atoms with E-state index in [4.69, 9.17) is 5.11 Å². The summed E-state index contributed by atoms with van der Waals surface area (Å²) in [5.41, 5.74) is 0.612. The van der Waals surface area contributed by atoms with Crippen LogP contribution in [0.15, 0.2) is 30.3 Å². The molecule has 1 aliphatic heterocycles. The molecule has 7 N–H and O–H groups in total. The Kier molecular flexibility index (Phi) is 10.8. The van der Waals surface area contributed by atoms with Gasteiger partial charge in [0.2, 0.25) is 17.7 Å². The quantitative estimate of drug-likeness (QED) is 0.161. The second-order valence-corrected chi connectivity index (χ2v) is 8.39. The summed E-state index contributed by atoms with van der Waals surface area (Å²) in [6.45, 7) is 0.610. The lowest BCUT2D eigenvalue weighted by Gasteiger charge is -2.24. The Bertz CT molecular complexity index is 964. The molecule has 0 aliphatic carbocycles. The summed E-state index contributed by atoms with van der Waals surface area (Å²) < 4.78 is 0. The van der Waals surface area contributed by atoms with Gasteiger partial charge in [0.25, 0.3) is 0 Å². The van der Waals surface area contributed by atoms with Crippen LogP contribution >= 0.6 is 0 Å². The van der Waals surface area contributed by atoms with Gasteiger partial charge in [-0.3, -0.25) is 24.0 Å². The van der Waals surface area contributed by atoms with Gasteiger partial charge in [-0.2, -0.15) is 0 Å². The normalized spacial score (nSPS) is 17.3. The summed E-state index contributed by atoms with van der Waals surface area (Å²) in [6, 6.07) is 3.47. The van der Waals surface area contributed by atoms with Gasteiger partial charge in [0.15, 0.2) is 0 Å². The van der Waals surface area contributed by atoms with Gasteiger partial charge in [0.1, 0.15) is 18.1 Å². The number of benzene rings is 1. The SMILES string of the molecule is O=C(O)CCC(NC(=O)C1CCCN1)C(=O)NC(CC(=O)O)C(=O)NC(Cc1ccccc1)C(=O)O. The third-order valence-corrected chi connectivity index (χ3v) is 5.57. The molecule has 1 saturated heterocycles. The number of hydrogen-bond donors (Lipinski definition) is 7. The number of carbonyl (C=O) groups excluding carboxylic acids is 3. The van der Waals surface area contributed by atoms with E-state index < -0.39 is 72.6 Å². The summed E-state index contributed by atoms with van der Waals surface area (Å²) in [5.74, 6) is -6.54. The number of carbonyl (C=O) groups is 6. The zero-order valence-corrected chi connectivity index (χ0v) is 19.4. The molecule has 13 heteroatoms. The predicted molar refractivity (Wildman–Crippen MR) is 124 cm³/mol. The molecule has 4 unspecified atom stereocenters. The molecule has 1 aromatic rings. The molecule has 1 aromatic carbocycles. The van der Waals surface area contributed by atoms with Crippen LogP contribution in [-0.4, -0.2) is 81.7 Å². The summed E-state index contributed by atoms with van der Waals surface area (Å²) in [6.07, 6.45) is -0.433. The number of rotatable bonds is 14. The summed E-state index contributed by atoms with van der Waals surface area (Å²) in [7, 11) is 0. The molecule has 36 heavy (non-hydrogen) atoms. The monoisotopic (exact) mass is 506 g/mol. The molecule has 0 spiro atoms. The first kappa shape index (κ1) is 28.2. The van der Waals surface area contributed by atoms with Gasteiger partial charge in [-0.05, 0) is 31.4 Å². The Hall–Kier alpha value is -4.00. The maximum atomic E-state index is 12.9. The van der Waals surface area contributed by atoms with Gasteiger partial charge < -0.3 is 36.6 Å². The Morgan fingerprint density at radius 1 is 0.861 bits per heavy atom. The van der Waals surface area contributed by atoms with Crippen LogP contribution in [0.25, 0.3) is 0 Å². The highest BCUT2D eigenvalue weighted by Gasteiger charge is 2.32. The van der Waals surface area contributed by atoms with Crippen LogP contribution in [0.4, 0.5) is 0 Å². The molecule has 0 bridgehead atoms. The number of hydrogen-bond acceptors (Lipinski definition) is 7. The lowest BCUT2D eigenvalue weighted by molar-refractivity contribution is -0.143. The number of carboxylic acid groups (broad SMARTS) is 3. The molecule has 196 valence electrons. The van der Waals surface area contributed by atoms with Crippen molar-refractivity contribution in [1.29, 1.82) is 0 Å². The molecule has 0 radical (unpaired) electrons. The van der Waals surface area contributed by atoms with E-state index in [-0.39, 0.29) is 12.8 Å². The molecule has 0 aromatic heterocycles. The lowest BCUT2D eigenvalue weighted by Crippen LogP contribution is -2.57. The maximum Gasteiger partial charge on any atom is 0.326 e. The molecule has 13 nitrogen and oxygen atoms in total. The average Bonchev–Trinajstić information content (AvgIpc) is 3.36. The smallest absolute Gasteiger partial charge is 0.326 e. The van der Waals surface area contributed by atoms with Crippen molar-refractivity contribution in [3.05, 3.63) is 35.9 Å². The predicted octanol–water partition coefficient (Wildman–Crippen LogP) is -1.14. The minimum absolute atomic E-state index is 0.0820. The van der Waals surface area contributed by atoms with Crippen LogP contribution in [0.3, 0.4) is 0 Å². The number of nitrogens with one attached hydrogen (secondary N) is 4. The van der Waals surface area contributed by atoms with Crippen molar-refractivity contribution in [2.24, 2.45) is 0 Å². The average molecular weight is 507 g/mol. The van der Waals surface area contributed by atoms with E-state index in [1.165, 1.54) is 0 Å². The zero-order valence-electron chi connectivity index (χ0n) is 19.4. The van der Waals surface area contributed by atoms with Crippen molar-refractivity contribution in [2.45, 2.75) is 62.7 Å². The van der Waals surface area contributed by atoms with E-state index in [0.717, 1.165) is 6.42 Å². The fourth-order valence-corrected chi connectivity index (χ4v) is 3.70. The fraction of sp³-hybridized carbons (Fsp3) is 0.478. The van der Waals surface area contributed by atoms with E-state index in [2.05, 4.69) is 21.3 Å². The number of amides is 3. The Labute approximate surface area is 206 Å². The van der Waals surface area contributed by atoms with E-state index >= 15 is 0 Å². The molecule has 2 rings (SSSR count). The van der Waals surface area contributed by atoms with Crippen molar-refractivity contribution in [3.63, 3.8) is 0 Å². The fourth-order valence-electron chi connectivity index (χ4n) is 3.70. The molecular formula is C23H30N4O9. The van der Waals surface area contributed by atoms with Gasteiger partial charge in [-0.25, -0.2) is 4.79 Å². The molecule has 0 saturated carbocycles. The van der Waals surface area contributed by atoms with Crippen molar-refractivity contribution >= 4 is 35.6 Å². The van der Waals surface area contributed by atoms with Gasteiger partial charge in [-0.15, -0.1) is 0 Å². The van der Waals surface area contributed by atoms with E-state index in [0.29, 0.717) is 18.5 Å². The third-order valence-electron chi connectivity index (χ3n) is 5.57. The Morgan fingerprint density at radius 3 is 2.06 bits per heavy atom. The van der Waals surface area contributed by atoms with Crippen LogP contribution in [0, 0.1) is 0 Å². The second kappa shape index (κ2) is 13.8. The first-order chi connectivity index (χ1) is 17.1. The summed E-state index contributed by atoms with van der Waals surface area (Å²) in [5, 5.41) is 37.6. The topological polar surface area (TPSA) is 211 Å². The minimum Gasteiger partial charge on any atom is -0.481 e. The second-order valence-electron chi connectivity index (χ2n) is 8.39. The van der Waals surface area contributed by atoms with E-state index in [9.17, 15) is 39.0 Å². The van der Waals surface area contributed by atoms with Crippen LogP contribution in [0.2, 0.25) is 0 Å². The van der Waals surface area contributed by atoms with Gasteiger partial charge in [0, 0.05) is 12.8 Å². The molecule has 1 aliphatic rings. The van der Waals surface area contributed by atoms with Gasteiger partial charge >= 0.3 is 17.9 Å². The van der Waals surface area contributed by atoms with Crippen LogP contribution in [-0.2, 0) is 35.2 Å². The Morgan fingerprint density at radius 2 is 1.50 bits per heavy atom. The number of aliphatic carboxylic acids is 3. The zero-order chi connectivity index (χ0) is 26.7. The molecule has 1 fully saturated rings. The van der Waals surface area contributed by atoms with Crippen molar-refractivity contribution in [3.8, 4) is 0 Å². The summed E-state index contributed by atoms with van der Waals surface area (Å²) in [4.78, 5) is 72.2. The van der Waals surface area contributed by atoms with Crippen molar-refractivity contribution < 1.29 is 44.1 Å². The van der Waals surface area contributed by atoms with E-state index in [1.54, 1.807) is 30.3 Å². The van der Waals surface area contributed by atoms with Crippen LogP contribution < -0.4 is 21.3 Å². The van der Waals surface area contributed by atoms with Crippen LogP contribution in [0.1, 0.15) is 37.7 Å². The summed E-state index contributed by atoms with van der Waals surface area (Å²) >= 11 is 0. The van der Waals surface area contributed by atoms with Crippen molar-refractivity contribution in [2.75, 3.05) is 6.54 Å². The standard InChI is InChI=1S/C23H30N4O9/c28-18(29)9-8-15(25-20(32)14-7-4-10-24-14)21(33)26-16(12-19(30)31)22(34)27-17(23(35)36)11-13-5-2-1-3-6-13/h1-3,5-6,14-17,24H,4,7-12H2,(H,25,32)(H,26,33)(H,27,34)(H,28,29)(H,30,31)(H,35,36). The highest BCUT2D eigenvalue weighted by atomic mass is 16.4. The minimum atomic E-state index is -1.67. The van der Waals surface area contributed by atoms with Gasteiger partial charge in [-0.1, -0.05) is 30.3 Å². The molecule has 4 atom stereocenters. The molecular weight excluding hydrogens is 476 g/mol. The largest absolute Gasteiger partial charge is 0.481 e. The number of carboxylic acids is 3. The lowest BCUT2D eigenvalue weighted by atomic mass is 10.0. The first-order valence-electron chi connectivity index (χ1n) is 11.4. The molecule has 1 heterocycles. The highest BCUT2D eigenvalue weighted by molar-refractivity contribution is 5.95. The van der Waals surface area contributed by atoms with Crippen LogP contribution in [0.5, 0.6) is 0 Å². The van der Waals surface area contributed by atoms with Gasteiger partial charge in [0.05, 0.1) is 12.5 Å². The van der Waals surface area contributed by atoms with E-state index in [1.807, 2.05) is 0 Å². The molecule has 3 amide bonds. The maximum absolute atomic E-state index is 12.9. The van der Waals surface area contributed by atoms with Crippen molar-refractivity contribution in [1.82, 2.24) is 21.3 Å². The Balaban J connectivity index is 2.12. The third kappa shape index (κ3) is 9.33. The first-order valence-corrected chi connectivity index (χ1v) is 11.4. The highest BCUT2D eigenvalue weighted by Crippen LogP contribution is 2.08.